The Bertz CT molecular complexity index is 720. The van der Waals surface area contributed by atoms with E-state index in [0.29, 0.717) is 11.8 Å². The van der Waals surface area contributed by atoms with E-state index >= 15 is 0 Å². The lowest BCUT2D eigenvalue weighted by Crippen LogP contribution is -2.18. The number of hydrogen-bond acceptors (Lipinski definition) is 1. The fourth-order valence-electron chi connectivity index (χ4n) is 2.02. The highest BCUT2D eigenvalue weighted by Gasteiger charge is 2.32. The van der Waals surface area contributed by atoms with Crippen LogP contribution in [-0.2, 0) is 11.6 Å². The molecule has 2 aromatic rings. The van der Waals surface area contributed by atoms with E-state index in [4.69, 9.17) is 12.2 Å². The monoisotopic (exact) mass is 318 g/mol. The van der Waals surface area contributed by atoms with Crippen molar-refractivity contribution >= 4 is 12.2 Å². The highest BCUT2D eigenvalue weighted by molar-refractivity contribution is 7.71. The summed E-state index contributed by atoms with van der Waals surface area (Å²) < 4.78 is 53.9. The van der Waals surface area contributed by atoms with E-state index in [2.05, 4.69) is 4.98 Å². The van der Waals surface area contributed by atoms with Crippen LogP contribution < -0.4 is 0 Å². The van der Waals surface area contributed by atoms with E-state index in [1.54, 1.807) is 6.20 Å². The summed E-state index contributed by atoms with van der Waals surface area (Å²) in [5, 5.41) is 0. The van der Waals surface area contributed by atoms with Crippen LogP contribution in [0.25, 0.3) is 5.69 Å². The van der Waals surface area contributed by atoms with Gasteiger partial charge in [-0.2, -0.15) is 13.2 Å². The number of H-pyrrole nitrogens is 1. The number of rotatable bonds is 1. The average molecular weight is 318 g/mol. The summed E-state index contributed by atoms with van der Waals surface area (Å²) in [6.07, 6.45) is -2.95. The summed E-state index contributed by atoms with van der Waals surface area (Å²) in [5.74, 6) is -0.760. The lowest BCUT2D eigenvalue weighted by molar-refractivity contribution is -0.137. The predicted octanol–water partition coefficient (Wildman–Crippen LogP) is 4.99. The Morgan fingerprint density at radius 3 is 2.29 bits per heavy atom. The molecule has 21 heavy (non-hydrogen) atoms. The van der Waals surface area contributed by atoms with Gasteiger partial charge >= 0.3 is 6.18 Å². The van der Waals surface area contributed by atoms with Gasteiger partial charge in [0.15, 0.2) is 4.77 Å². The Balaban J connectivity index is 2.74. The molecule has 2 rings (SSSR count). The Morgan fingerprint density at radius 1 is 1.14 bits per heavy atom. The van der Waals surface area contributed by atoms with Crippen LogP contribution >= 0.6 is 12.2 Å². The highest BCUT2D eigenvalue weighted by Crippen LogP contribution is 2.33. The minimum Gasteiger partial charge on any atom is -0.337 e. The number of nitrogens with zero attached hydrogens (tertiary/aromatic N) is 1. The summed E-state index contributed by atoms with van der Waals surface area (Å²) in [6.45, 7) is 5.60. The summed E-state index contributed by atoms with van der Waals surface area (Å²) in [4.78, 5) is 2.76. The molecule has 0 spiro atoms. The largest absolute Gasteiger partial charge is 0.416 e. The fraction of sp³-hybridized carbons (Fsp3) is 0.357. The van der Waals surface area contributed by atoms with Crippen molar-refractivity contribution < 1.29 is 17.6 Å². The van der Waals surface area contributed by atoms with Crippen molar-refractivity contribution in [1.82, 2.24) is 9.55 Å². The zero-order valence-corrected chi connectivity index (χ0v) is 12.5. The first-order valence-corrected chi connectivity index (χ1v) is 6.60. The summed E-state index contributed by atoms with van der Waals surface area (Å²) in [5.41, 5.74) is -0.928. The fourth-order valence-corrected chi connectivity index (χ4v) is 2.28. The van der Waals surface area contributed by atoms with Crippen molar-refractivity contribution in [1.29, 1.82) is 0 Å². The van der Waals surface area contributed by atoms with E-state index in [-0.39, 0.29) is 10.5 Å². The Hall–Kier alpha value is -1.63. The van der Waals surface area contributed by atoms with Crippen LogP contribution in [0, 0.1) is 10.6 Å². The minimum atomic E-state index is -4.54. The number of nitrogens with one attached hydrogen (secondary N) is 1. The van der Waals surface area contributed by atoms with Crippen LogP contribution in [0.5, 0.6) is 0 Å². The number of imidazole rings is 1. The third-order valence-corrected chi connectivity index (χ3v) is 3.36. The molecule has 0 saturated heterocycles. The number of aromatic nitrogens is 2. The quantitative estimate of drug-likeness (QED) is 0.580. The molecule has 1 heterocycles. The maximum atomic E-state index is 14.0. The molecule has 0 bridgehead atoms. The molecule has 2 nitrogen and oxygen atoms in total. The van der Waals surface area contributed by atoms with Gasteiger partial charge in [0.05, 0.1) is 11.3 Å². The second kappa shape index (κ2) is 4.98. The van der Waals surface area contributed by atoms with Crippen LogP contribution in [0.4, 0.5) is 17.6 Å². The molecule has 114 valence electrons. The van der Waals surface area contributed by atoms with Crippen LogP contribution in [0.1, 0.15) is 32.0 Å². The predicted molar refractivity (Wildman–Crippen MR) is 74.6 cm³/mol. The van der Waals surface area contributed by atoms with Crippen LogP contribution in [-0.4, -0.2) is 9.55 Å². The molecule has 0 aliphatic carbocycles. The van der Waals surface area contributed by atoms with E-state index in [1.807, 2.05) is 20.8 Å². The number of aromatic amines is 1. The van der Waals surface area contributed by atoms with Gasteiger partial charge in [-0.3, -0.25) is 4.57 Å². The molecule has 0 radical (unpaired) electrons. The average Bonchev–Trinajstić information content (AvgIpc) is 2.70. The number of alkyl halides is 3. The second-order valence-electron chi connectivity index (χ2n) is 5.73. The summed E-state index contributed by atoms with van der Waals surface area (Å²) in [7, 11) is 0. The van der Waals surface area contributed by atoms with E-state index in [1.165, 1.54) is 4.57 Å². The zero-order chi connectivity index (χ0) is 16.0. The molecule has 0 aliphatic heterocycles. The van der Waals surface area contributed by atoms with Crippen molar-refractivity contribution in [2.75, 3.05) is 0 Å². The first-order valence-electron chi connectivity index (χ1n) is 6.20. The summed E-state index contributed by atoms with van der Waals surface area (Å²) >= 11 is 5.08. The standard InChI is InChI=1S/C14H14F4N2S/c1-13(2,3)11-7-19-12(21)20(11)10-6-8(14(16,17)18)4-5-9(10)15/h4-7H,1-3H3,(H,19,21). The molecule has 0 fully saturated rings. The van der Waals surface area contributed by atoms with Crippen LogP contribution in [0.15, 0.2) is 24.4 Å². The van der Waals surface area contributed by atoms with Crippen molar-refractivity contribution in [3.8, 4) is 5.69 Å². The van der Waals surface area contributed by atoms with Gasteiger partial charge in [-0.05, 0) is 30.4 Å². The summed E-state index contributed by atoms with van der Waals surface area (Å²) in [6, 6.07) is 2.29. The van der Waals surface area contributed by atoms with E-state index in [9.17, 15) is 17.6 Å². The Morgan fingerprint density at radius 2 is 1.76 bits per heavy atom. The van der Waals surface area contributed by atoms with Crippen molar-refractivity contribution in [2.45, 2.75) is 32.4 Å². The van der Waals surface area contributed by atoms with Crippen molar-refractivity contribution in [3.05, 3.63) is 46.2 Å². The molecule has 7 heteroatoms. The van der Waals surface area contributed by atoms with Crippen molar-refractivity contribution in [3.63, 3.8) is 0 Å². The van der Waals surface area contributed by atoms with Gasteiger partial charge in [-0.1, -0.05) is 20.8 Å². The van der Waals surface area contributed by atoms with Crippen molar-refractivity contribution in [2.24, 2.45) is 0 Å². The minimum absolute atomic E-state index is 0.151. The number of benzene rings is 1. The topological polar surface area (TPSA) is 20.7 Å². The van der Waals surface area contributed by atoms with E-state index in [0.717, 1.165) is 12.1 Å². The van der Waals surface area contributed by atoms with Gasteiger partial charge in [-0.25, -0.2) is 4.39 Å². The molecule has 0 atom stereocenters. The Kier molecular flexibility index (Phi) is 3.73. The smallest absolute Gasteiger partial charge is 0.337 e. The lowest BCUT2D eigenvalue weighted by Gasteiger charge is -2.21. The maximum Gasteiger partial charge on any atom is 0.416 e. The molecule has 0 unspecified atom stereocenters. The van der Waals surface area contributed by atoms with E-state index < -0.39 is 23.0 Å². The van der Waals surface area contributed by atoms with Gasteiger partial charge in [0, 0.05) is 17.3 Å². The molecule has 1 N–H and O–H groups in total. The van der Waals surface area contributed by atoms with Gasteiger partial charge < -0.3 is 4.98 Å². The normalized spacial score (nSPS) is 12.7. The Labute approximate surface area is 124 Å². The molecular formula is C14H14F4N2S. The van der Waals surface area contributed by atoms with Gasteiger partial charge in [0.25, 0.3) is 0 Å². The lowest BCUT2D eigenvalue weighted by atomic mass is 9.92. The third-order valence-electron chi connectivity index (χ3n) is 3.06. The van der Waals surface area contributed by atoms with Crippen LogP contribution in [0.2, 0.25) is 0 Å². The molecule has 0 saturated carbocycles. The highest BCUT2D eigenvalue weighted by atomic mass is 32.1. The maximum absolute atomic E-state index is 14.0. The molecule has 1 aromatic carbocycles. The number of halogens is 4. The SMILES string of the molecule is CC(C)(C)c1c[nH]c(=S)n1-c1cc(C(F)(F)F)ccc1F. The second-order valence-corrected chi connectivity index (χ2v) is 6.12. The molecule has 1 aromatic heterocycles. The van der Waals surface area contributed by atoms with Gasteiger partial charge in [0.1, 0.15) is 5.82 Å². The molecule has 0 amide bonds. The van der Waals surface area contributed by atoms with Crippen LogP contribution in [0.3, 0.4) is 0 Å². The zero-order valence-electron chi connectivity index (χ0n) is 11.7. The van der Waals surface area contributed by atoms with Gasteiger partial charge in [-0.15, -0.1) is 0 Å². The first-order chi connectivity index (χ1) is 9.51. The first kappa shape index (κ1) is 15.8. The third kappa shape index (κ3) is 3.02. The molecular weight excluding hydrogens is 304 g/mol. The molecule has 0 aliphatic rings. The number of hydrogen-bond donors (Lipinski definition) is 1. The van der Waals surface area contributed by atoms with Gasteiger partial charge in [0.2, 0.25) is 0 Å².